The van der Waals surface area contributed by atoms with E-state index in [0.717, 1.165) is 19.4 Å². The fourth-order valence-electron chi connectivity index (χ4n) is 0.795. The van der Waals surface area contributed by atoms with Crippen molar-refractivity contribution in [2.75, 3.05) is 7.11 Å². The molecular formula is C8H7F2NO2. The van der Waals surface area contributed by atoms with Crippen molar-refractivity contribution < 1.29 is 18.3 Å². The van der Waals surface area contributed by atoms with Gasteiger partial charge >= 0.3 is 11.9 Å². The maximum Gasteiger partial charge on any atom is 0.381 e. The lowest BCUT2D eigenvalue weighted by Gasteiger charge is -2.12. The molecule has 0 N–H and O–H groups in total. The average molecular weight is 187 g/mol. The van der Waals surface area contributed by atoms with Gasteiger partial charge in [-0.25, -0.2) is 4.79 Å². The minimum Gasteiger partial charge on any atom is -0.464 e. The van der Waals surface area contributed by atoms with Gasteiger partial charge in [-0.1, -0.05) is 0 Å². The van der Waals surface area contributed by atoms with E-state index >= 15 is 0 Å². The zero-order valence-electron chi connectivity index (χ0n) is 6.83. The van der Waals surface area contributed by atoms with E-state index in [-0.39, 0.29) is 0 Å². The maximum absolute atomic E-state index is 13.0. The quantitative estimate of drug-likeness (QED) is 0.656. The molecule has 0 unspecified atom stereocenters. The predicted octanol–water partition coefficient (Wildman–Crippen LogP) is 1.35. The van der Waals surface area contributed by atoms with Gasteiger partial charge in [-0.15, -0.1) is 0 Å². The number of methoxy groups -OCH3 is 1. The molecule has 0 bridgehead atoms. The van der Waals surface area contributed by atoms with Crippen molar-refractivity contribution in [1.29, 1.82) is 0 Å². The van der Waals surface area contributed by atoms with Crippen molar-refractivity contribution in [3.8, 4) is 0 Å². The summed E-state index contributed by atoms with van der Waals surface area (Å²) in [7, 11) is 0.909. The van der Waals surface area contributed by atoms with Crippen LogP contribution in [0.3, 0.4) is 0 Å². The lowest BCUT2D eigenvalue weighted by Crippen LogP contribution is -2.27. The number of hydrogen-bond donors (Lipinski definition) is 0. The Balaban J connectivity index is 3.00. The first-order chi connectivity index (χ1) is 6.09. The van der Waals surface area contributed by atoms with Gasteiger partial charge in [0.25, 0.3) is 0 Å². The maximum atomic E-state index is 13.0. The molecule has 0 aliphatic heterocycles. The predicted molar refractivity (Wildman–Crippen MR) is 40.1 cm³/mol. The van der Waals surface area contributed by atoms with Gasteiger partial charge in [-0.2, -0.15) is 8.78 Å². The highest BCUT2D eigenvalue weighted by Gasteiger charge is 2.42. The number of halogens is 2. The summed E-state index contributed by atoms with van der Waals surface area (Å²) in [5, 5.41) is 0. The third kappa shape index (κ3) is 1.80. The molecule has 0 saturated heterocycles. The number of ether oxygens (including phenoxy) is 1. The van der Waals surface area contributed by atoms with Crippen LogP contribution >= 0.6 is 0 Å². The molecule has 0 aromatic carbocycles. The third-order valence-electron chi connectivity index (χ3n) is 1.47. The molecular weight excluding hydrogens is 180 g/mol. The molecule has 1 aromatic rings. The molecule has 0 radical (unpaired) electrons. The lowest BCUT2D eigenvalue weighted by atomic mass is 10.1. The summed E-state index contributed by atoms with van der Waals surface area (Å²) in [5.41, 5.74) is -0.471. The smallest absolute Gasteiger partial charge is 0.381 e. The highest BCUT2D eigenvalue weighted by molar-refractivity contribution is 5.79. The summed E-state index contributed by atoms with van der Waals surface area (Å²) in [5.74, 6) is -5.20. The fourth-order valence-corrected chi connectivity index (χ4v) is 0.795. The number of carbonyl (C=O) groups excluding carboxylic acids is 1. The highest BCUT2D eigenvalue weighted by atomic mass is 19.3. The van der Waals surface area contributed by atoms with Crippen LogP contribution in [0.1, 0.15) is 5.56 Å². The standard InChI is InChI=1S/C8H7F2NO2/c1-13-7(12)8(9,10)6-3-2-4-11-5-6/h2-5H,1H3. The molecule has 5 heteroatoms. The molecule has 0 fully saturated rings. The molecule has 13 heavy (non-hydrogen) atoms. The second-order valence-corrected chi connectivity index (χ2v) is 2.31. The first-order valence-electron chi connectivity index (χ1n) is 3.45. The van der Waals surface area contributed by atoms with Gasteiger partial charge in [0.05, 0.1) is 12.7 Å². The Morgan fingerprint density at radius 3 is 2.77 bits per heavy atom. The van der Waals surface area contributed by atoms with E-state index in [2.05, 4.69) is 9.72 Å². The Morgan fingerprint density at radius 2 is 2.31 bits per heavy atom. The average Bonchev–Trinajstić information content (AvgIpc) is 2.18. The minimum absolute atomic E-state index is 0.471. The first kappa shape index (κ1) is 9.57. The topological polar surface area (TPSA) is 39.2 Å². The Labute approximate surface area is 73.4 Å². The second-order valence-electron chi connectivity index (χ2n) is 2.31. The summed E-state index contributed by atoms with van der Waals surface area (Å²) in [4.78, 5) is 14.1. The van der Waals surface area contributed by atoms with E-state index in [1.165, 1.54) is 12.3 Å². The SMILES string of the molecule is COC(=O)C(F)(F)c1cccnc1. The van der Waals surface area contributed by atoms with Crippen molar-refractivity contribution in [2.24, 2.45) is 0 Å². The summed E-state index contributed by atoms with van der Waals surface area (Å²) in [6.07, 6.45) is 2.27. The number of hydrogen-bond acceptors (Lipinski definition) is 3. The van der Waals surface area contributed by atoms with Crippen molar-refractivity contribution in [2.45, 2.75) is 5.92 Å². The van der Waals surface area contributed by atoms with Crippen molar-refractivity contribution in [3.63, 3.8) is 0 Å². The first-order valence-corrected chi connectivity index (χ1v) is 3.45. The van der Waals surface area contributed by atoms with Gasteiger partial charge in [0.1, 0.15) is 0 Å². The Kier molecular flexibility index (Phi) is 2.55. The third-order valence-corrected chi connectivity index (χ3v) is 1.47. The van der Waals surface area contributed by atoms with E-state index in [9.17, 15) is 13.6 Å². The van der Waals surface area contributed by atoms with Gasteiger partial charge < -0.3 is 4.74 Å². The zero-order valence-corrected chi connectivity index (χ0v) is 6.83. The Morgan fingerprint density at radius 1 is 1.62 bits per heavy atom. The molecule has 0 saturated carbocycles. The lowest BCUT2D eigenvalue weighted by molar-refractivity contribution is -0.170. The van der Waals surface area contributed by atoms with E-state index in [0.29, 0.717) is 0 Å². The molecule has 3 nitrogen and oxygen atoms in total. The Bertz CT molecular complexity index is 300. The molecule has 1 heterocycles. The number of rotatable bonds is 2. The molecule has 0 aliphatic rings. The van der Waals surface area contributed by atoms with Crippen molar-refractivity contribution >= 4 is 5.97 Å². The second kappa shape index (κ2) is 3.47. The number of carbonyl (C=O) groups is 1. The van der Waals surface area contributed by atoms with Crippen LogP contribution in [-0.4, -0.2) is 18.1 Å². The van der Waals surface area contributed by atoms with Crippen molar-refractivity contribution in [3.05, 3.63) is 30.1 Å². The van der Waals surface area contributed by atoms with Crippen LogP contribution in [0.15, 0.2) is 24.5 Å². The summed E-state index contributed by atoms with van der Waals surface area (Å²) in [6.45, 7) is 0. The zero-order chi connectivity index (χ0) is 9.90. The summed E-state index contributed by atoms with van der Waals surface area (Å²) < 4.78 is 30.0. The number of aromatic nitrogens is 1. The van der Waals surface area contributed by atoms with Gasteiger partial charge in [-0.05, 0) is 12.1 Å². The normalized spacial score (nSPS) is 11.0. The number of pyridine rings is 1. The monoisotopic (exact) mass is 187 g/mol. The van der Waals surface area contributed by atoms with Crippen LogP contribution in [0.25, 0.3) is 0 Å². The largest absolute Gasteiger partial charge is 0.464 e. The number of alkyl halides is 2. The molecule has 0 aliphatic carbocycles. The highest BCUT2D eigenvalue weighted by Crippen LogP contribution is 2.28. The minimum atomic E-state index is -3.62. The van der Waals surface area contributed by atoms with E-state index < -0.39 is 17.5 Å². The number of esters is 1. The number of nitrogens with zero attached hydrogens (tertiary/aromatic N) is 1. The van der Waals surface area contributed by atoms with Gasteiger partial charge in [-0.3, -0.25) is 4.98 Å². The summed E-state index contributed by atoms with van der Waals surface area (Å²) in [6, 6.07) is 2.44. The van der Waals surface area contributed by atoms with E-state index in [1.807, 2.05) is 0 Å². The molecule has 0 amide bonds. The van der Waals surface area contributed by atoms with Crippen LogP contribution in [0.2, 0.25) is 0 Å². The molecule has 0 atom stereocenters. The van der Waals surface area contributed by atoms with Gasteiger partial charge in [0.15, 0.2) is 0 Å². The van der Waals surface area contributed by atoms with Gasteiger partial charge in [0.2, 0.25) is 0 Å². The van der Waals surface area contributed by atoms with Crippen LogP contribution in [0, 0.1) is 0 Å². The van der Waals surface area contributed by atoms with Crippen LogP contribution in [-0.2, 0) is 15.5 Å². The van der Waals surface area contributed by atoms with Crippen LogP contribution in [0.5, 0.6) is 0 Å². The molecule has 0 spiro atoms. The van der Waals surface area contributed by atoms with Crippen LogP contribution in [0.4, 0.5) is 8.78 Å². The van der Waals surface area contributed by atoms with E-state index in [4.69, 9.17) is 0 Å². The Hall–Kier alpha value is -1.52. The molecule has 70 valence electrons. The van der Waals surface area contributed by atoms with Crippen molar-refractivity contribution in [1.82, 2.24) is 4.98 Å². The fraction of sp³-hybridized carbons (Fsp3) is 0.250. The van der Waals surface area contributed by atoms with Gasteiger partial charge in [0, 0.05) is 12.4 Å². The van der Waals surface area contributed by atoms with E-state index in [1.54, 1.807) is 0 Å². The summed E-state index contributed by atoms with van der Waals surface area (Å²) >= 11 is 0. The van der Waals surface area contributed by atoms with Crippen LogP contribution < -0.4 is 0 Å². The molecule has 1 aromatic heterocycles. The molecule has 1 rings (SSSR count).